The van der Waals surface area contributed by atoms with Gasteiger partial charge in [0.1, 0.15) is 0 Å². The van der Waals surface area contributed by atoms with Gasteiger partial charge >= 0.3 is 0 Å². The Morgan fingerprint density at radius 2 is 1.85 bits per heavy atom. The van der Waals surface area contributed by atoms with Gasteiger partial charge in [0.25, 0.3) is 0 Å². The molecule has 0 aromatic rings. The zero-order valence-electron chi connectivity index (χ0n) is 13.3. The lowest BCUT2D eigenvalue weighted by atomic mass is 9.67. The fourth-order valence-electron chi connectivity index (χ4n) is 4.22. The van der Waals surface area contributed by atoms with E-state index < -0.39 is 0 Å². The van der Waals surface area contributed by atoms with E-state index in [1.54, 1.807) is 0 Å². The molecule has 3 nitrogen and oxygen atoms in total. The maximum atomic E-state index is 12.8. The smallest absolute Gasteiger partial charge is 0.225 e. The summed E-state index contributed by atoms with van der Waals surface area (Å²) in [5.74, 6) is 2.44. The summed E-state index contributed by atoms with van der Waals surface area (Å²) < 4.78 is 0. The summed E-state index contributed by atoms with van der Waals surface area (Å²) >= 11 is 0. The van der Waals surface area contributed by atoms with Crippen LogP contribution in [-0.4, -0.2) is 29.9 Å². The first-order chi connectivity index (χ1) is 9.63. The summed E-state index contributed by atoms with van der Waals surface area (Å²) in [5.41, 5.74) is 5.61. The molecule has 2 fully saturated rings. The van der Waals surface area contributed by atoms with Gasteiger partial charge in [0.05, 0.1) is 0 Å². The molecule has 0 radical (unpaired) electrons. The van der Waals surface area contributed by atoms with Crippen LogP contribution in [0.15, 0.2) is 0 Å². The summed E-state index contributed by atoms with van der Waals surface area (Å²) in [5, 5.41) is 0. The molecule has 3 atom stereocenters. The van der Waals surface area contributed by atoms with E-state index in [0.717, 1.165) is 37.6 Å². The van der Waals surface area contributed by atoms with Crippen LogP contribution in [0.25, 0.3) is 0 Å². The molecule has 2 rings (SSSR count). The molecule has 0 saturated heterocycles. The number of hydrogen-bond donors (Lipinski definition) is 1. The highest BCUT2D eigenvalue weighted by Gasteiger charge is 2.36. The first-order valence-corrected chi connectivity index (χ1v) is 8.64. The average molecular weight is 280 g/mol. The second kappa shape index (κ2) is 7.44. The van der Waals surface area contributed by atoms with E-state index in [9.17, 15) is 4.79 Å². The Hall–Kier alpha value is -0.570. The Morgan fingerprint density at radius 3 is 2.50 bits per heavy atom. The van der Waals surface area contributed by atoms with Gasteiger partial charge in [0.2, 0.25) is 5.91 Å². The predicted octanol–water partition coefficient (Wildman–Crippen LogP) is 3.18. The molecule has 0 spiro atoms. The minimum atomic E-state index is 0.287. The molecule has 1 amide bonds. The highest BCUT2D eigenvalue weighted by molar-refractivity contribution is 5.79. The third-order valence-corrected chi connectivity index (χ3v) is 5.40. The van der Waals surface area contributed by atoms with Crippen LogP contribution in [0.5, 0.6) is 0 Å². The molecule has 116 valence electrons. The second-order valence-corrected chi connectivity index (χ2v) is 7.08. The van der Waals surface area contributed by atoms with Crippen LogP contribution in [-0.2, 0) is 4.79 Å². The van der Waals surface area contributed by atoms with Crippen LogP contribution in [0.2, 0.25) is 0 Å². The number of fused-ring (bicyclic) bond motifs is 1. The Kier molecular flexibility index (Phi) is 5.88. The lowest BCUT2D eigenvalue weighted by molar-refractivity contribution is -0.139. The van der Waals surface area contributed by atoms with Gasteiger partial charge in [-0.1, -0.05) is 25.7 Å². The van der Waals surface area contributed by atoms with Crippen molar-refractivity contribution >= 4 is 5.91 Å². The number of carbonyl (C=O) groups excluding carboxylic acids is 1. The minimum Gasteiger partial charge on any atom is -0.340 e. The summed E-state index contributed by atoms with van der Waals surface area (Å²) in [6, 6.07) is 0.304. The van der Waals surface area contributed by atoms with Gasteiger partial charge < -0.3 is 10.6 Å². The lowest BCUT2D eigenvalue weighted by Crippen LogP contribution is -2.44. The molecule has 0 aromatic carbocycles. The van der Waals surface area contributed by atoms with Gasteiger partial charge in [-0.2, -0.15) is 0 Å². The van der Waals surface area contributed by atoms with Crippen LogP contribution in [0, 0.1) is 17.8 Å². The Bertz CT molecular complexity index is 316. The Labute approximate surface area is 124 Å². The average Bonchev–Trinajstić information content (AvgIpc) is 2.46. The van der Waals surface area contributed by atoms with E-state index in [4.69, 9.17) is 5.73 Å². The van der Waals surface area contributed by atoms with Gasteiger partial charge in [0, 0.05) is 18.5 Å². The van der Waals surface area contributed by atoms with Crippen LogP contribution in [0.1, 0.15) is 65.2 Å². The third kappa shape index (κ3) is 3.75. The normalized spacial score (nSPS) is 30.1. The summed E-state index contributed by atoms with van der Waals surface area (Å²) in [4.78, 5) is 14.9. The molecule has 0 aromatic heterocycles. The molecule has 2 aliphatic carbocycles. The number of amides is 1. The van der Waals surface area contributed by atoms with E-state index in [0.29, 0.717) is 18.5 Å². The topological polar surface area (TPSA) is 46.3 Å². The van der Waals surface area contributed by atoms with E-state index in [1.165, 1.54) is 32.1 Å². The SMILES string of the molecule is CC(C)N(CCCN)C(=O)C1CCC2CCCCC2C1. The molecule has 3 heteroatoms. The lowest BCUT2D eigenvalue weighted by Gasteiger charge is -2.41. The van der Waals surface area contributed by atoms with Crippen LogP contribution in [0.3, 0.4) is 0 Å². The number of carbonyl (C=O) groups is 1. The zero-order valence-corrected chi connectivity index (χ0v) is 13.3. The molecule has 0 bridgehead atoms. The van der Waals surface area contributed by atoms with Gasteiger partial charge in [-0.3, -0.25) is 4.79 Å². The van der Waals surface area contributed by atoms with Crippen molar-refractivity contribution in [1.82, 2.24) is 4.90 Å². The van der Waals surface area contributed by atoms with Gasteiger partial charge in [-0.15, -0.1) is 0 Å². The van der Waals surface area contributed by atoms with Crippen molar-refractivity contribution in [3.63, 3.8) is 0 Å². The van der Waals surface area contributed by atoms with Crippen LogP contribution in [0.4, 0.5) is 0 Å². The van der Waals surface area contributed by atoms with Crippen LogP contribution >= 0.6 is 0 Å². The largest absolute Gasteiger partial charge is 0.340 e. The standard InChI is InChI=1S/C17H32N2O/c1-13(2)19(11-5-10-18)17(20)16-9-8-14-6-3-4-7-15(14)12-16/h13-16H,3-12,18H2,1-2H3. The Morgan fingerprint density at radius 1 is 1.15 bits per heavy atom. The van der Waals surface area contributed by atoms with Gasteiger partial charge in [0.15, 0.2) is 0 Å². The fourth-order valence-corrected chi connectivity index (χ4v) is 4.22. The molecule has 0 aliphatic heterocycles. The van der Waals surface area contributed by atoms with Crippen LogP contribution < -0.4 is 5.73 Å². The summed E-state index contributed by atoms with van der Waals surface area (Å²) in [6.45, 7) is 5.75. The second-order valence-electron chi connectivity index (χ2n) is 7.08. The summed E-state index contributed by atoms with van der Waals surface area (Å²) in [6.07, 6.45) is 10.0. The predicted molar refractivity (Wildman–Crippen MR) is 83.3 cm³/mol. The van der Waals surface area contributed by atoms with Crippen molar-refractivity contribution in [1.29, 1.82) is 0 Å². The molecule has 2 aliphatic rings. The number of rotatable bonds is 5. The van der Waals surface area contributed by atoms with Crippen molar-refractivity contribution in [3.05, 3.63) is 0 Å². The number of nitrogens with two attached hydrogens (primary N) is 1. The van der Waals surface area contributed by atoms with E-state index in [2.05, 4.69) is 18.7 Å². The highest BCUT2D eigenvalue weighted by atomic mass is 16.2. The molecule has 2 N–H and O–H groups in total. The molecular weight excluding hydrogens is 248 g/mol. The van der Waals surface area contributed by atoms with Crippen molar-refractivity contribution in [2.24, 2.45) is 23.5 Å². The van der Waals surface area contributed by atoms with Gasteiger partial charge in [-0.05, 0) is 57.9 Å². The molecular formula is C17H32N2O. The number of hydrogen-bond acceptors (Lipinski definition) is 2. The van der Waals surface area contributed by atoms with E-state index >= 15 is 0 Å². The molecule has 20 heavy (non-hydrogen) atoms. The van der Waals surface area contributed by atoms with E-state index in [-0.39, 0.29) is 5.92 Å². The quantitative estimate of drug-likeness (QED) is 0.840. The van der Waals surface area contributed by atoms with Crippen molar-refractivity contribution in [2.45, 2.75) is 71.3 Å². The van der Waals surface area contributed by atoms with Crippen molar-refractivity contribution < 1.29 is 4.79 Å². The molecule has 2 saturated carbocycles. The minimum absolute atomic E-state index is 0.287. The van der Waals surface area contributed by atoms with Crippen molar-refractivity contribution in [3.8, 4) is 0 Å². The van der Waals surface area contributed by atoms with Crippen molar-refractivity contribution in [2.75, 3.05) is 13.1 Å². The maximum absolute atomic E-state index is 12.8. The third-order valence-electron chi connectivity index (χ3n) is 5.40. The maximum Gasteiger partial charge on any atom is 0.225 e. The first kappa shape index (κ1) is 15.8. The Balaban J connectivity index is 1.93. The summed E-state index contributed by atoms with van der Waals surface area (Å²) in [7, 11) is 0. The highest BCUT2D eigenvalue weighted by Crippen LogP contribution is 2.43. The number of nitrogens with zero attached hydrogens (tertiary/aromatic N) is 1. The van der Waals surface area contributed by atoms with E-state index in [1.807, 2.05) is 0 Å². The first-order valence-electron chi connectivity index (χ1n) is 8.64. The molecule has 3 unspecified atom stereocenters. The zero-order chi connectivity index (χ0) is 14.5. The fraction of sp³-hybridized carbons (Fsp3) is 0.941. The molecule has 0 heterocycles. The van der Waals surface area contributed by atoms with Gasteiger partial charge in [-0.25, -0.2) is 0 Å². The monoisotopic (exact) mass is 280 g/mol.